The maximum absolute atomic E-state index is 11.7. The van der Waals surface area contributed by atoms with E-state index in [0.29, 0.717) is 5.69 Å². The molecule has 1 heterocycles. The highest BCUT2D eigenvalue weighted by atomic mass is 16.2. The first kappa shape index (κ1) is 9.66. The molecule has 0 aliphatic heterocycles. The summed E-state index contributed by atoms with van der Waals surface area (Å²) in [5.41, 5.74) is -0.284. The van der Waals surface area contributed by atoms with Crippen LogP contribution >= 0.6 is 0 Å². The fraction of sp³-hybridized carbons (Fsp3) is 0.364. The average Bonchev–Trinajstić information content (AvgIpc) is 2.24. The molecular weight excluding hydrogens is 190 g/mol. The van der Waals surface area contributed by atoms with E-state index in [1.54, 1.807) is 24.4 Å². The number of pyridine rings is 1. The molecule has 0 saturated heterocycles. The summed E-state index contributed by atoms with van der Waals surface area (Å²) in [4.78, 5) is 15.6. The van der Waals surface area contributed by atoms with Crippen molar-refractivity contribution in [2.45, 2.75) is 24.8 Å². The Balaban J connectivity index is 2.08. The van der Waals surface area contributed by atoms with Crippen LogP contribution in [0, 0.1) is 11.3 Å². The van der Waals surface area contributed by atoms with Crippen LogP contribution in [0.1, 0.15) is 29.8 Å². The van der Waals surface area contributed by atoms with Crippen molar-refractivity contribution < 1.29 is 4.79 Å². The summed E-state index contributed by atoms with van der Waals surface area (Å²) in [5.74, 6) is -0.267. The van der Waals surface area contributed by atoms with Crippen LogP contribution in [0.4, 0.5) is 0 Å². The van der Waals surface area contributed by atoms with Gasteiger partial charge in [-0.3, -0.25) is 9.78 Å². The molecule has 4 nitrogen and oxygen atoms in total. The van der Waals surface area contributed by atoms with Gasteiger partial charge in [0.1, 0.15) is 11.2 Å². The Hall–Kier alpha value is -1.89. The predicted molar refractivity (Wildman–Crippen MR) is 53.9 cm³/mol. The third-order valence-electron chi connectivity index (χ3n) is 2.67. The highest BCUT2D eigenvalue weighted by Gasteiger charge is 2.38. The van der Waals surface area contributed by atoms with Crippen LogP contribution in [0.5, 0.6) is 0 Å². The zero-order valence-electron chi connectivity index (χ0n) is 8.23. The van der Waals surface area contributed by atoms with Crippen LogP contribution in [0.2, 0.25) is 0 Å². The Kier molecular flexibility index (Phi) is 2.38. The van der Waals surface area contributed by atoms with Crippen molar-refractivity contribution in [3.8, 4) is 6.07 Å². The lowest BCUT2D eigenvalue weighted by atomic mass is 9.78. The molecule has 2 rings (SSSR count). The summed E-state index contributed by atoms with van der Waals surface area (Å²) in [6.45, 7) is 0. The van der Waals surface area contributed by atoms with Crippen LogP contribution < -0.4 is 5.32 Å². The number of nitrogens with zero attached hydrogens (tertiary/aromatic N) is 2. The van der Waals surface area contributed by atoms with Gasteiger partial charge in [-0.1, -0.05) is 6.07 Å². The number of nitriles is 1. The maximum atomic E-state index is 11.7. The molecule has 1 amide bonds. The van der Waals surface area contributed by atoms with E-state index in [-0.39, 0.29) is 5.91 Å². The van der Waals surface area contributed by atoms with Crippen molar-refractivity contribution in [1.29, 1.82) is 5.26 Å². The molecule has 15 heavy (non-hydrogen) atoms. The second-order valence-electron chi connectivity index (χ2n) is 3.72. The molecule has 1 N–H and O–H groups in total. The second kappa shape index (κ2) is 3.70. The van der Waals surface area contributed by atoms with Gasteiger partial charge in [0, 0.05) is 6.20 Å². The molecule has 0 radical (unpaired) electrons. The minimum Gasteiger partial charge on any atom is -0.332 e. The van der Waals surface area contributed by atoms with Crippen LogP contribution in [-0.2, 0) is 0 Å². The van der Waals surface area contributed by atoms with Gasteiger partial charge in [-0.25, -0.2) is 0 Å². The molecule has 76 valence electrons. The first-order valence-electron chi connectivity index (χ1n) is 4.91. The van der Waals surface area contributed by atoms with Crippen molar-refractivity contribution in [1.82, 2.24) is 10.3 Å². The highest BCUT2D eigenvalue weighted by Crippen LogP contribution is 2.31. The van der Waals surface area contributed by atoms with Crippen LogP contribution in [0.25, 0.3) is 0 Å². The smallest absolute Gasteiger partial charge is 0.271 e. The molecule has 1 aliphatic carbocycles. The number of nitrogens with one attached hydrogen (secondary N) is 1. The lowest BCUT2D eigenvalue weighted by molar-refractivity contribution is 0.0876. The van der Waals surface area contributed by atoms with Gasteiger partial charge in [-0.05, 0) is 31.4 Å². The SMILES string of the molecule is N#CC1(NC(=O)c2ccccn2)CCC1. The van der Waals surface area contributed by atoms with Crippen LogP contribution in [-0.4, -0.2) is 16.4 Å². The summed E-state index contributed by atoms with van der Waals surface area (Å²) in [6.07, 6.45) is 4.04. The van der Waals surface area contributed by atoms with Gasteiger partial charge in [-0.2, -0.15) is 5.26 Å². The third-order valence-corrected chi connectivity index (χ3v) is 2.67. The van der Waals surface area contributed by atoms with Crippen molar-refractivity contribution in [3.05, 3.63) is 30.1 Å². The number of hydrogen-bond donors (Lipinski definition) is 1. The molecule has 1 fully saturated rings. The Morgan fingerprint density at radius 3 is 2.80 bits per heavy atom. The molecule has 0 atom stereocenters. The van der Waals surface area contributed by atoms with Gasteiger partial charge in [-0.15, -0.1) is 0 Å². The average molecular weight is 201 g/mol. The van der Waals surface area contributed by atoms with Gasteiger partial charge in [0.2, 0.25) is 0 Å². The van der Waals surface area contributed by atoms with E-state index in [9.17, 15) is 4.79 Å². The molecule has 0 spiro atoms. The van der Waals surface area contributed by atoms with Gasteiger partial charge in [0.25, 0.3) is 5.91 Å². The number of amides is 1. The Morgan fingerprint density at radius 1 is 1.53 bits per heavy atom. The summed E-state index contributed by atoms with van der Waals surface area (Å²) in [5, 5.41) is 11.7. The van der Waals surface area contributed by atoms with Crippen LogP contribution in [0.15, 0.2) is 24.4 Å². The van der Waals surface area contributed by atoms with E-state index in [4.69, 9.17) is 5.26 Å². The molecule has 1 saturated carbocycles. The van der Waals surface area contributed by atoms with E-state index >= 15 is 0 Å². The van der Waals surface area contributed by atoms with E-state index in [1.807, 2.05) is 0 Å². The van der Waals surface area contributed by atoms with Gasteiger partial charge in [0.05, 0.1) is 6.07 Å². The molecule has 0 unspecified atom stereocenters. The first-order chi connectivity index (χ1) is 7.26. The molecular formula is C11H11N3O. The molecule has 1 aliphatic rings. The Bertz CT molecular complexity index is 404. The van der Waals surface area contributed by atoms with E-state index in [2.05, 4.69) is 16.4 Å². The summed E-state index contributed by atoms with van der Waals surface area (Å²) >= 11 is 0. The Labute approximate surface area is 87.9 Å². The summed E-state index contributed by atoms with van der Waals surface area (Å²) in [7, 11) is 0. The summed E-state index contributed by atoms with van der Waals surface area (Å²) in [6, 6.07) is 7.30. The van der Waals surface area contributed by atoms with E-state index in [1.165, 1.54) is 0 Å². The summed E-state index contributed by atoms with van der Waals surface area (Å²) < 4.78 is 0. The molecule has 1 aromatic rings. The van der Waals surface area contributed by atoms with Crippen molar-refractivity contribution in [2.24, 2.45) is 0 Å². The molecule has 1 aromatic heterocycles. The lowest BCUT2D eigenvalue weighted by Gasteiger charge is -2.35. The fourth-order valence-electron chi connectivity index (χ4n) is 1.57. The van der Waals surface area contributed by atoms with Crippen LogP contribution in [0.3, 0.4) is 0 Å². The maximum Gasteiger partial charge on any atom is 0.271 e. The van der Waals surface area contributed by atoms with E-state index < -0.39 is 5.54 Å². The number of rotatable bonds is 2. The molecule has 0 bridgehead atoms. The number of aromatic nitrogens is 1. The number of carbonyl (C=O) groups is 1. The molecule has 0 aromatic carbocycles. The topological polar surface area (TPSA) is 65.8 Å². The van der Waals surface area contributed by atoms with Gasteiger partial charge >= 0.3 is 0 Å². The predicted octanol–water partition coefficient (Wildman–Crippen LogP) is 1.26. The minimum absolute atomic E-state index is 0.267. The largest absolute Gasteiger partial charge is 0.332 e. The minimum atomic E-state index is -0.644. The number of hydrogen-bond acceptors (Lipinski definition) is 3. The van der Waals surface area contributed by atoms with E-state index in [0.717, 1.165) is 19.3 Å². The van der Waals surface area contributed by atoms with Gasteiger partial charge < -0.3 is 5.32 Å². The zero-order valence-corrected chi connectivity index (χ0v) is 8.23. The lowest BCUT2D eigenvalue weighted by Crippen LogP contribution is -2.52. The first-order valence-corrected chi connectivity index (χ1v) is 4.91. The van der Waals surface area contributed by atoms with Crippen molar-refractivity contribution in [3.63, 3.8) is 0 Å². The second-order valence-corrected chi connectivity index (χ2v) is 3.72. The monoisotopic (exact) mass is 201 g/mol. The Morgan fingerprint density at radius 2 is 2.33 bits per heavy atom. The molecule has 4 heteroatoms. The standard InChI is InChI=1S/C11H11N3O/c12-8-11(5-3-6-11)14-10(15)9-4-1-2-7-13-9/h1-2,4,7H,3,5-6H2,(H,14,15). The van der Waals surface area contributed by atoms with Gasteiger partial charge in [0.15, 0.2) is 0 Å². The highest BCUT2D eigenvalue weighted by molar-refractivity contribution is 5.93. The third kappa shape index (κ3) is 1.82. The quantitative estimate of drug-likeness (QED) is 0.783. The van der Waals surface area contributed by atoms with Crippen molar-refractivity contribution >= 4 is 5.91 Å². The number of carbonyl (C=O) groups excluding carboxylic acids is 1. The normalized spacial score (nSPS) is 17.3. The fourth-order valence-corrected chi connectivity index (χ4v) is 1.57. The van der Waals surface area contributed by atoms with Crippen molar-refractivity contribution in [2.75, 3.05) is 0 Å². The zero-order chi connectivity index (χ0) is 10.7.